The van der Waals surface area contributed by atoms with Gasteiger partial charge in [0.05, 0.1) is 23.3 Å². The van der Waals surface area contributed by atoms with E-state index in [0.717, 1.165) is 10.1 Å². The molecule has 3 rings (SSSR count). The third kappa shape index (κ3) is 3.66. The molecule has 9 heteroatoms. The van der Waals surface area contributed by atoms with E-state index in [2.05, 4.69) is 4.98 Å². The summed E-state index contributed by atoms with van der Waals surface area (Å²) in [6.45, 7) is 6.89. The number of aromatic nitrogens is 3. The number of hydrogen-bond donors (Lipinski definition) is 0. The van der Waals surface area contributed by atoms with E-state index in [1.807, 2.05) is 20.8 Å². The molecule has 1 amide bonds. The highest BCUT2D eigenvalue weighted by molar-refractivity contribution is 8.00. The van der Waals surface area contributed by atoms with Gasteiger partial charge in [-0.1, -0.05) is 0 Å². The molecular formula is C18H24N4O4S. The average Bonchev–Trinajstić information content (AvgIpc) is 2.62. The molecule has 27 heavy (non-hydrogen) atoms. The van der Waals surface area contributed by atoms with E-state index in [-0.39, 0.29) is 23.9 Å². The van der Waals surface area contributed by atoms with Gasteiger partial charge >= 0.3 is 5.69 Å². The summed E-state index contributed by atoms with van der Waals surface area (Å²) in [5.74, 6) is 0.221. The van der Waals surface area contributed by atoms with Gasteiger partial charge in [0.15, 0.2) is 0 Å². The third-order valence-electron chi connectivity index (χ3n) is 4.71. The summed E-state index contributed by atoms with van der Waals surface area (Å²) in [7, 11) is 3.03. The molecule has 2 aromatic heterocycles. The van der Waals surface area contributed by atoms with Gasteiger partial charge in [-0.25, -0.2) is 9.78 Å². The van der Waals surface area contributed by atoms with Crippen LogP contribution in [-0.4, -0.2) is 56.0 Å². The Labute approximate surface area is 161 Å². The van der Waals surface area contributed by atoms with E-state index in [4.69, 9.17) is 4.74 Å². The number of carbonyl (C=O) groups excluding carboxylic acids is 1. The largest absolute Gasteiger partial charge is 0.372 e. The number of carbonyl (C=O) groups is 1. The normalized spacial score (nSPS) is 20.3. The molecule has 8 nitrogen and oxygen atoms in total. The predicted molar refractivity (Wildman–Crippen MR) is 104 cm³/mol. The van der Waals surface area contributed by atoms with Crippen molar-refractivity contribution >= 4 is 28.7 Å². The highest BCUT2D eigenvalue weighted by Gasteiger charge is 2.26. The smallest absolute Gasteiger partial charge is 0.332 e. The Hall–Kier alpha value is -2.13. The monoisotopic (exact) mass is 392 g/mol. The van der Waals surface area contributed by atoms with Gasteiger partial charge in [-0.2, -0.15) is 0 Å². The summed E-state index contributed by atoms with van der Waals surface area (Å²) in [5, 5.41) is 0.376. The number of morpholine rings is 1. The number of thioether (sulfide) groups is 1. The summed E-state index contributed by atoms with van der Waals surface area (Å²) in [5.41, 5.74) is 0.317. The van der Waals surface area contributed by atoms with E-state index in [0.29, 0.717) is 29.0 Å². The van der Waals surface area contributed by atoms with Gasteiger partial charge in [-0.05, 0) is 26.3 Å². The highest BCUT2D eigenvalue weighted by atomic mass is 32.2. The van der Waals surface area contributed by atoms with Crippen LogP contribution < -0.4 is 11.2 Å². The first kappa shape index (κ1) is 19.6. The van der Waals surface area contributed by atoms with Crippen LogP contribution >= 0.6 is 11.8 Å². The van der Waals surface area contributed by atoms with Crippen molar-refractivity contribution in [1.82, 2.24) is 19.0 Å². The summed E-state index contributed by atoms with van der Waals surface area (Å²) in [4.78, 5) is 44.3. The Morgan fingerprint density at radius 2 is 1.85 bits per heavy atom. The molecule has 0 aliphatic carbocycles. The van der Waals surface area contributed by atoms with Crippen molar-refractivity contribution in [3.05, 3.63) is 32.6 Å². The zero-order valence-corrected chi connectivity index (χ0v) is 17.0. The van der Waals surface area contributed by atoms with Crippen LogP contribution in [0.3, 0.4) is 0 Å². The minimum Gasteiger partial charge on any atom is -0.372 e. The first-order valence-corrected chi connectivity index (χ1v) is 9.80. The fraction of sp³-hybridized carbons (Fsp3) is 0.556. The van der Waals surface area contributed by atoms with Gasteiger partial charge in [0.25, 0.3) is 5.56 Å². The molecule has 1 aliphatic heterocycles. The van der Waals surface area contributed by atoms with E-state index in [1.54, 1.807) is 18.1 Å². The van der Waals surface area contributed by atoms with Crippen molar-refractivity contribution < 1.29 is 9.53 Å². The number of hydrogen-bond acceptors (Lipinski definition) is 6. The average molecular weight is 392 g/mol. The Morgan fingerprint density at radius 1 is 1.22 bits per heavy atom. The number of pyridine rings is 1. The van der Waals surface area contributed by atoms with Crippen LogP contribution in [0.2, 0.25) is 0 Å². The van der Waals surface area contributed by atoms with Crippen LogP contribution in [-0.2, 0) is 23.6 Å². The number of aryl methyl sites for hydroxylation is 2. The SMILES string of the molecule is Cc1cnc2c(c1SCC(=O)N1C[C@H](C)O[C@@H](C)C1)c(=O)n(C)c(=O)n2C. The molecule has 0 spiro atoms. The maximum atomic E-state index is 12.7. The molecule has 0 unspecified atom stereocenters. The van der Waals surface area contributed by atoms with Gasteiger partial charge < -0.3 is 9.64 Å². The number of rotatable bonds is 3. The molecule has 0 N–H and O–H groups in total. The lowest BCUT2D eigenvalue weighted by Crippen LogP contribution is -2.48. The van der Waals surface area contributed by atoms with Crippen molar-refractivity contribution in [2.75, 3.05) is 18.8 Å². The second kappa shape index (κ2) is 7.47. The van der Waals surface area contributed by atoms with Crippen molar-refractivity contribution in [2.45, 2.75) is 37.9 Å². The predicted octanol–water partition coefficient (Wildman–Crippen LogP) is 0.669. The lowest BCUT2D eigenvalue weighted by atomic mass is 10.2. The van der Waals surface area contributed by atoms with Gasteiger partial charge in [-0.15, -0.1) is 11.8 Å². The molecule has 0 saturated carbocycles. The van der Waals surface area contributed by atoms with Crippen LogP contribution in [0.15, 0.2) is 20.7 Å². The quantitative estimate of drug-likeness (QED) is 0.714. The van der Waals surface area contributed by atoms with Crippen LogP contribution in [0.25, 0.3) is 11.0 Å². The van der Waals surface area contributed by atoms with Crippen LogP contribution in [0, 0.1) is 6.92 Å². The molecule has 0 aromatic carbocycles. The fourth-order valence-corrected chi connectivity index (χ4v) is 4.44. The Morgan fingerprint density at radius 3 is 2.48 bits per heavy atom. The third-order valence-corrected chi connectivity index (χ3v) is 5.92. The number of nitrogens with zero attached hydrogens (tertiary/aromatic N) is 4. The Balaban J connectivity index is 1.93. The topological polar surface area (TPSA) is 86.4 Å². The summed E-state index contributed by atoms with van der Waals surface area (Å²) in [6, 6.07) is 0. The Kier molecular flexibility index (Phi) is 5.43. The van der Waals surface area contributed by atoms with Crippen molar-refractivity contribution in [3.63, 3.8) is 0 Å². The summed E-state index contributed by atoms with van der Waals surface area (Å²) in [6.07, 6.45) is 1.65. The van der Waals surface area contributed by atoms with Gasteiger partial charge in [0, 0.05) is 38.3 Å². The van der Waals surface area contributed by atoms with E-state index in [9.17, 15) is 14.4 Å². The molecule has 2 aromatic rings. The minimum atomic E-state index is -0.424. The standard InChI is InChI=1S/C18H24N4O4S/c1-10-6-19-16-14(17(24)21(5)18(25)20(16)4)15(10)27-9-13(23)22-7-11(2)26-12(3)8-22/h6,11-12H,7-9H2,1-5H3/t11-,12-/m0/s1. The summed E-state index contributed by atoms with van der Waals surface area (Å²) >= 11 is 1.32. The van der Waals surface area contributed by atoms with E-state index < -0.39 is 11.2 Å². The molecular weight excluding hydrogens is 368 g/mol. The molecule has 0 bridgehead atoms. The van der Waals surface area contributed by atoms with Crippen molar-refractivity contribution in [2.24, 2.45) is 14.1 Å². The lowest BCUT2D eigenvalue weighted by Gasteiger charge is -2.35. The molecule has 2 atom stereocenters. The molecule has 1 saturated heterocycles. The number of amides is 1. The first-order valence-electron chi connectivity index (χ1n) is 8.82. The minimum absolute atomic E-state index is 0.00741. The molecule has 1 aliphatic rings. The Bertz CT molecular complexity index is 1000. The van der Waals surface area contributed by atoms with Crippen molar-refractivity contribution in [1.29, 1.82) is 0 Å². The maximum Gasteiger partial charge on any atom is 0.332 e. The zero-order chi connectivity index (χ0) is 19.9. The van der Waals surface area contributed by atoms with E-state index >= 15 is 0 Å². The number of ether oxygens (including phenoxy) is 1. The zero-order valence-electron chi connectivity index (χ0n) is 16.2. The second-order valence-electron chi connectivity index (χ2n) is 7.02. The first-order chi connectivity index (χ1) is 12.7. The van der Waals surface area contributed by atoms with Crippen molar-refractivity contribution in [3.8, 4) is 0 Å². The van der Waals surface area contributed by atoms with Gasteiger partial charge in [0.2, 0.25) is 5.91 Å². The molecule has 1 fully saturated rings. The van der Waals surface area contributed by atoms with Gasteiger partial charge in [0.1, 0.15) is 5.65 Å². The number of fused-ring (bicyclic) bond motifs is 1. The van der Waals surface area contributed by atoms with Crippen LogP contribution in [0.1, 0.15) is 19.4 Å². The fourth-order valence-electron chi connectivity index (χ4n) is 3.39. The molecule has 0 radical (unpaired) electrons. The second-order valence-corrected chi connectivity index (χ2v) is 8.01. The maximum absolute atomic E-state index is 12.7. The van der Waals surface area contributed by atoms with Gasteiger partial charge in [-0.3, -0.25) is 18.7 Å². The van der Waals surface area contributed by atoms with E-state index in [1.165, 1.54) is 23.4 Å². The highest BCUT2D eigenvalue weighted by Crippen LogP contribution is 2.28. The van der Waals surface area contributed by atoms with Crippen LogP contribution in [0.5, 0.6) is 0 Å². The van der Waals surface area contributed by atoms with Crippen LogP contribution in [0.4, 0.5) is 0 Å². The summed E-state index contributed by atoms with van der Waals surface area (Å²) < 4.78 is 8.10. The molecule has 3 heterocycles. The molecule has 146 valence electrons. The lowest BCUT2D eigenvalue weighted by molar-refractivity contribution is -0.140.